The minimum absolute atomic E-state index is 0.104. The van der Waals surface area contributed by atoms with E-state index in [0.717, 1.165) is 17.8 Å². The standard InChI is InChI=1S/C15H21N/c1-10-6-12(4-5-14(16)7-10)15-9-11-2-3-13(15)8-11/h4-7,11,13-15H,2-3,8-9,16H2,1H3. The Morgan fingerprint density at radius 3 is 2.81 bits per heavy atom. The molecular weight excluding hydrogens is 194 g/mol. The first-order valence-electron chi connectivity index (χ1n) is 6.56. The van der Waals surface area contributed by atoms with Crippen molar-refractivity contribution in [1.29, 1.82) is 0 Å². The summed E-state index contributed by atoms with van der Waals surface area (Å²) in [5.41, 5.74) is 8.83. The molecule has 86 valence electrons. The lowest BCUT2D eigenvalue weighted by molar-refractivity contribution is 0.383. The third-order valence-corrected chi connectivity index (χ3v) is 4.53. The van der Waals surface area contributed by atoms with Crippen LogP contribution >= 0.6 is 0 Å². The summed E-state index contributed by atoms with van der Waals surface area (Å²) in [6.07, 6.45) is 14.8. The summed E-state index contributed by atoms with van der Waals surface area (Å²) in [6, 6.07) is 0.104. The summed E-state index contributed by atoms with van der Waals surface area (Å²) in [6.45, 7) is 2.17. The summed E-state index contributed by atoms with van der Waals surface area (Å²) < 4.78 is 0. The van der Waals surface area contributed by atoms with Gasteiger partial charge < -0.3 is 5.73 Å². The molecule has 1 heteroatoms. The Labute approximate surface area is 98.1 Å². The van der Waals surface area contributed by atoms with E-state index in [9.17, 15) is 0 Å². The zero-order valence-electron chi connectivity index (χ0n) is 10.0. The molecule has 0 heterocycles. The van der Waals surface area contributed by atoms with E-state index >= 15 is 0 Å². The molecule has 0 saturated heterocycles. The van der Waals surface area contributed by atoms with Crippen LogP contribution in [0.15, 0.2) is 35.5 Å². The molecule has 2 fully saturated rings. The molecule has 0 spiro atoms. The summed E-state index contributed by atoms with van der Waals surface area (Å²) in [5, 5.41) is 0. The second-order valence-corrected chi connectivity index (χ2v) is 5.77. The Bertz CT molecular complexity index is 375. The van der Waals surface area contributed by atoms with Crippen LogP contribution in [0.2, 0.25) is 0 Å². The van der Waals surface area contributed by atoms with Crippen LogP contribution in [0, 0.1) is 17.8 Å². The summed E-state index contributed by atoms with van der Waals surface area (Å²) >= 11 is 0. The number of hydrogen-bond acceptors (Lipinski definition) is 1. The maximum absolute atomic E-state index is 5.97. The van der Waals surface area contributed by atoms with Crippen LogP contribution in [0.3, 0.4) is 0 Å². The molecule has 0 radical (unpaired) electrons. The van der Waals surface area contributed by atoms with Crippen molar-refractivity contribution in [3.05, 3.63) is 35.5 Å². The normalized spacial score (nSPS) is 41.9. The predicted molar refractivity (Wildman–Crippen MR) is 67.9 cm³/mol. The molecule has 3 aliphatic rings. The fraction of sp³-hybridized carbons (Fsp3) is 0.600. The van der Waals surface area contributed by atoms with Gasteiger partial charge in [0.05, 0.1) is 0 Å². The largest absolute Gasteiger partial charge is 0.321 e. The van der Waals surface area contributed by atoms with E-state index in [1.165, 1.54) is 36.8 Å². The van der Waals surface area contributed by atoms with Gasteiger partial charge in [-0.05, 0) is 49.5 Å². The van der Waals surface area contributed by atoms with Crippen LogP contribution in [0.5, 0.6) is 0 Å². The van der Waals surface area contributed by atoms with Crippen LogP contribution in [0.25, 0.3) is 0 Å². The number of allylic oxidation sites excluding steroid dienone is 4. The van der Waals surface area contributed by atoms with E-state index in [1.807, 2.05) is 0 Å². The molecule has 16 heavy (non-hydrogen) atoms. The Kier molecular flexibility index (Phi) is 2.51. The van der Waals surface area contributed by atoms with Gasteiger partial charge >= 0.3 is 0 Å². The smallest absolute Gasteiger partial charge is 0.0419 e. The highest BCUT2D eigenvalue weighted by Gasteiger charge is 2.40. The lowest BCUT2D eigenvalue weighted by atomic mass is 9.82. The van der Waals surface area contributed by atoms with Crippen LogP contribution in [-0.4, -0.2) is 6.04 Å². The molecule has 1 nitrogen and oxygen atoms in total. The third kappa shape index (κ3) is 1.78. The molecule has 0 aromatic carbocycles. The van der Waals surface area contributed by atoms with Crippen LogP contribution in [0.4, 0.5) is 0 Å². The van der Waals surface area contributed by atoms with Gasteiger partial charge in [0.15, 0.2) is 0 Å². The monoisotopic (exact) mass is 215 g/mol. The van der Waals surface area contributed by atoms with Crippen molar-refractivity contribution in [3.63, 3.8) is 0 Å². The second-order valence-electron chi connectivity index (χ2n) is 5.77. The fourth-order valence-corrected chi connectivity index (χ4v) is 3.82. The Balaban J connectivity index is 1.85. The van der Waals surface area contributed by atoms with Gasteiger partial charge in [-0.3, -0.25) is 0 Å². The van der Waals surface area contributed by atoms with Gasteiger partial charge in [0.25, 0.3) is 0 Å². The maximum Gasteiger partial charge on any atom is 0.0419 e. The molecule has 4 atom stereocenters. The highest BCUT2D eigenvalue weighted by molar-refractivity contribution is 5.37. The average Bonchev–Trinajstić information content (AvgIpc) is 2.81. The molecular formula is C15H21N. The third-order valence-electron chi connectivity index (χ3n) is 4.53. The van der Waals surface area contributed by atoms with Gasteiger partial charge in [0.2, 0.25) is 0 Å². The van der Waals surface area contributed by atoms with Crippen LogP contribution < -0.4 is 5.73 Å². The van der Waals surface area contributed by atoms with Crippen molar-refractivity contribution >= 4 is 0 Å². The van der Waals surface area contributed by atoms with Gasteiger partial charge in [-0.15, -0.1) is 0 Å². The lowest BCUT2D eigenvalue weighted by Gasteiger charge is -2.22. The van der Waals surface area contributed by atoms with Crippen molar-refractivity contribution in [2.75, 3.05) is 0 Å². The van der Waals surface area contributed by atoms with Crippen molar-refractivity contribution in [2.45, 2.75) is 38.6 Å². The van der Waals surface area contributed by atoms with Crippen LogP contribution in [-0.2, 0) is 0 Å². The number of nitrogens with two attached hydrogens (primary N) is 1. The molecule has 0 aliphatic heterocycles. The van der Waals surface area contributed by atoms with Gasteiger partial charge in [-0.1, -0.05) is 36.3 Å². The van der Waals surface area contributed by atoms with E-state index < -0.39 is 0 Å². The quantitative estimate of drug-likeness (QED) is 0.714. The molecule has 3 rings (SSSR count). The minimum Gasteiger partial charge on any atom is -0.321 e. The van der Waals surface area contributed by atoms with Gasteiger partial charge in [-0.2, -0.15) is 0 Å². The predicted octanol–water partition coefficient (Wildman–Crippen LogP) is 3.19. The summed E-state index contributed by atoms with van der Waals surface area (Å²) in [7, 11) is 0. The van der Waals surface area contributed by atoms with Gasteiger partial charge in [0, 0.05) is 6.04 Å². The van der Waals surface area contributed by atoms with E-state index in [0.29, 0.717) is 0 Å². The highest BCUT2D eigenvalue weighted by Crippen LogP contribution is 2.51. The molecule has 0 aromatic rings. The van der Waals surface area contributed by atoms with E-state index in [1.54, 1.807) is 0 Å². The van der Waals surface area contributed by atoms with Crippen molar-refractivity contribution in [3.8, 4) is 0 Å². The fourth-order valence-electron chi connectivity index (χ4n) is 3.82. The number of rotatable bonds is 1. The Morgan fingerprint density at radius 1 is 1.25 bits per heavy atom. The first-order valence-corrected chi connectivity index (χ1v) is 6.56. The first-order chi connectivity index (χ1) is 7.72. The van der Waals surface area contributed by atoms with E-state index in [2.05, 4.69) is 31.2 Å². The van der Waals surface area contributed by atoms with Gasteiger partial charge in [-0.25, -0.2) is 0 Å². The molecule has 4 unspecified atom stereocenters. The zero-order chi connectivity index (χ0) is 11.1. The minimum atomic E-state index is 0.104. The SMILES string of the molecule is CC1=CC(N)C=CC(C2CC3CCC2C3)=C1. The van der Waals surface area contributed by atoms with E-state index in [-0.39, 0.29) is 6.04 Å². The molecule has 2 bridgehead atoms. The highest BCUT2D eigenvalue weighted by atomic mass is 14.6. The Hall–Kier alpha value is -0.820. The van der Waals surface area contributed by atoms with Crippen molar-refractivity contribution in [1.82, 2.24) is 0 Å². The van der Waals surface area contributed by atoms with Crippen molar-refractivity contribution in [2.24, 2.45) is 23.5 Å². The maximum atomic E-state index is 5.97. The van der Waals surface area contributed by atoms with E-state index in [4.69, 9.17) is 5.73 Å². The number of hydrogen-bond donors (Lipinski definition) is 1. The number of fused-ring (bicyclic) bond motifs is 2. The average molecular weight is 215 g/mol. The first kappa shape index (κ1) is 10.3. The van der Waals surface area contributed by atoms with Crippen molar-refractivity contribution < 1.29 is 0 Å². The van der Waals surface area contributed by atoms with Gasteiger partial charge in [0.1, 0.15) is 0 Å². The second kappa shape index (κ2) is 3.89. The molecule has 2 N–H and O–H groups in total. The molecule has 2 saturated carbocycles. The topological polar surface area (TPSA) is 26.0 Å². The Morgan fingerprint density at radius 2 is 2.12 bits per heavy atom. The summed E-state index contributed by atoms with van der Waals surface area (Å²) in [5.74, 6) is 2.80. The van der Waals surface area contributed by atoms with Crippen LogP contribution in [0.1, 0.15) is 32.6 Å². The summed E-state index contributed by atoms with van der Waals surface area (Å²) in [4.78, 5) is 0. The zero-order valence-corrected chi connectivity index (χ0v) is 10.0. The molecule has 3 aliphatic carbocycles. The lowest BCUT2D eigenvalue weighted by Crippen LogP contribution is -2.13. The molecule has 0 aromatic heterocycles. The molecule has 0 amide bonds.